The molecule has 0 unspecified atom stereocenters. The Morgan fingerprint density at radius 3 is 1.13 bits per heavy atom. The van der Waals surface area contributed by atoms with Gasteiger partial charge >= 0.3 is 0 Å². The lowest BCUT2D eigenvalue weighted by Gasteiger charge is -2.24. The highest BCUT2D eigenvalue weighted by atomic mass is 14.8. The third-order valence-corrected chi connectivity index (χ3v) is 16.0. The maximum atomic E-state index is 4.55. The number of benzene rings is 9. The Bertz CT molecular complexity index is 3730. The highest BCUT2D eigenvalue weighted by Crippen LogP contribution is 2.55. The number of hydrogen-bond acceptors (Lipinski definition) is 2. The summed E-state index contributed by atoms with van der Waals surface area (Å²) < 4.78 is 0. The molecule has 10 aromatic rings. The second-order valence-electron chi connectivity index (χ2n) is 21.0. The molecular weight excluding hydrogens is 833 g/mol. The van der Waals surface area contributed by atoms with Crippen LogP contribution in [-0.4, -0.2) is 9.97 Å². The Balaban J connectivity index is 0.919. The van der Waals surface area contributed by atoms with Gasteiger partial charge in [-0.05, 0) is 171 Å². The summed E-state index contributed by atoms with van der Waals surface area (Å²) >= 11 is 0. The molecule has 3 aliphatic carbocycles. The molecule has 2 nitrogen and oxygen atoms in total. The monoisotopic (exact) mass is 884 g/mol. The van der Waals surface area contributed by atoms with E-state index in [0.29, 0.717) is 0 Å². The molecule has 1 heterocycles. The summed E-state index contributed by atoms with van der Waals surface area (Å²) in [4.78, 5) is 9.11. The summed E-state index contributed by atoms with van der Waals surface area (Å²) in [5.41, 5.74) is 29.0. The number of nitrogens with zero attached hydrogens (tertiary/aromatic N) is 2. The Morgan fingerprint density at radius 1 is 0.246 bits per heavy atom. The highest BCUT2D eigenvalue weighted by molar-refractivity contribution is 5.99. The molecule has 330 valence electrons. The van der Waals surface area contributed by atoms with Crippen molar-refractivity contribution in [3.63, 3.8) is 0 Å². The van der Waals surface area contributed by atoms with Crippen molar-refractivity contribution in [3.05, 3.63) is 240 Å². The molecule has 0 bridgehead atoms. The summed E-state index contributed by atoms with van der Waals surface area (Å²) in [5.74, 6) is 0.759. The minimum absolute atomic E-state index is 0.0934. The van der Waals surface area contributed by atoms with E-state index in [2.05, 4.69) is 240 Å². The van der Waals surface area contributed by atoms with E-state index in [9.17, 15) is 0 Å². The van der Waals surface area contributed by atoms with Gasteiger partial charge in [-0.15, -0.1) is 0 Å². The molecule has 13 rings (SSSR count). The zero-order valence-electron chi connectivity index (χ0n) is 40.0. The maximum absolute atomic E-state index is 4.55. The molecule has 0 atom stereocenters. The van der Waals surface area contributed by atoms with E-state index in [1.165, 1.54) is 122 Å². The van der Waals surface area contributed by atoms with E-state index in [-0.39, 0.29) is 16.2 Å². The molecule has 0 radical (unpaired) electrons. The van der Waals surface area contributed by atoms with Crippen LogP contribution >= 0.6 is 0 Å². The third kappa shape index (κ3) is 6.24. The van der Waals surface area contributed by atoms with Crippen LogP contribution in [0.5, 0.6) is 0 Å². The summed E-state index contributed by atoms with van der Waals surface area (Å²) in [7, 11) is 0. The van der Waals surface area contributed by atoms with E-state index < -0.39 is 0 Å². The highest BCUT2D eigenvalue weighted by Gasteiger charge is 2.39. The van der Waals surface area contributed by atoms with Gasteiger partial charge < -0.3 is 0 Å². The number of fused-ring (bicyclic) bond motifs is 9. The van der Waals surface area contributed by atoms with E-state index >= 15 is 0 Å². The molecule has 1 aromatic heterocycles. The fourth-order valence-electron chi connectivity index (χ4n) is 12.3. The average molecular weight is 885 g/mol. The summed E-state index contributed by atoms with van der Waals surface area (Å²) in [6.45, 7) is 14.3. The van der Waals surface area contributed by atoms with Crippen molar-refractivity contribution in [1.29, 1.82) is 0 Å². The molecule has 0 N–H and O–H groups in total. The van der Waals surface area contributed by atoms with Gasteiger partial charge in [0, 0.05) is 34.2 Å². The van der Waals surface area contributed by atoms with Crippen LogP contribution in [0.1, 0.15) is 74.9 Å². The molecule has 9 aromatic carbocycles. The fraction of sp³-hybridized carbons (Fsp3) is 0.134. The second kappa shape index (κ2) is 15.0. The van der Waals surface area contributed by atoms with Gasteiger partial charge in [-0.3, -0.25) is 0 Å². The van der Waals surface area contributed by atoms with Crippen molar-refractivity contribution in [3.8, 4) is 100 Å². The third-order valence-electron chi connectivity index (χ3n) is 16.0. The molecule has 0 spiro atoms. The Morgan fingerprint density at radius 2 is 0.609 bits per heavy atom. The molecule has 0 aliphatic heterocycles. The van der Waals surface area contributed by atoms with Crippen molar-refractivity contribution < 1.29 is 0 Å². The zero-order valence-corrected chi connectivity index (χ0v) is 40.0. The van der Waals surface area contributed by atoms with Gasteiger partial charge in [0.05, 0.1) is 0 Å². The van der Waals surface area contributed by atoms with Gasteiger partial charge in [0.2, 0.25) is 0 Å². The summed E-state index contributed by atoms with van der Waals surface area (Å²) in [6, 6.07) is 73.0. The van der Waals surface area contributed by atoms with Gasteiger partial charge in [-0.1, -0.05) is 187 Å². The maximum Gasteiger partial charge on any atom is 0.159 e. The standard InChI is InChI=1S/C67H52N2/c1-65(2)57-21-14-13-20-49(57)50-29-24-45(38-58(50)65)48-34-55(41-16-9-7-10-17-41)63(42-18-11-8-12-19-42)56(35-48)46-25-30-53-51-27-22-43(36-59(51)66(3,4)61(53)39-46)44-23-28-52-54-31-26-47(64-68-32-15-33-69-64)40-62(54)67(5,6)60(52)37-44/h7-40H,1-6H3. The topological polar surface area (TPSA) is 25.8 Å². The second-order valence-corrected chi connectivity index (χ2v) is 21.0. The van der Waals surface area contributed by atoms with Crippen LogP contribution in [0.25, 0.3) is 100 Å². The lowest BCUT2D eigenvalue weighted by Crippen LogP contribution is -2.15. The zero-order chi connectivity index (χ0) is 46.8. The first-order chi connectivity index (χ1) is 33.5. The molecular formula is C67H52N2. The van der Waals surface area contributed by atoms with Crippen LogP contribution in [-0.2, 0) is 16.2 Å². The smallest absolute Gasteiger partial charge is 0.159 e. The Hall–Kier alpha value is -7.94. The molecule has 0 saturated heterocycles. The lowest BCUT2D eigenvalue weighted by atomic mass is 9.79. The van der Waals surface area contributed by atoms with Crippen LogP contribution in [0.3, 0.4) is 0 Å². The van der Waals surface area contributed by atoms with E-state index in [0.717, 1.165) is 11.4 Å². The first-order valence-corrected chi connectivity index (χ1v) is 24.4. The van der Waals surface area contributed by atoms with Crippen molar-refractivity contribution in [2.45, 2.75) is 57.8 Å². The fourth-order valence-corrected chi connectivity index (χ4v) is 12.3. The molecule has 69 heavy (non-hydrogen) atoms. The first-order valence-electron chi connectivity index (χ1n) is 24.4. The van der Waals surface area contributed by atoms with Crippen LogP contribution in [0.15, 0.2) is 207 Å². The van der Waals surface area contributed by atoms with Crippen molar-refractivity contribution >= 4 is 0 Å². The largest absolute Gasteiger partial charge is 0.237 e. The SMILES string of the molecule is CC1(C)c2ccccc2-c2ccc(-c3cc(-c4ccccc4)c(-c4ccccc4)c(-c4ccc5c(c4)C(C)(C)c4cc(-c6ccc7c(c6)C(C)(C)c6cc(-c8ncccn8)ccc6-7)ccc4-5)c3)cc21. The Kier molecular flexibility index (Phi) is 8.99. The molecule has 0 amide bonds. The van der Waals surface area contributed by atoms with Gasteiger partial charge in [-0.2, -0.15) is 0 Å². The average Bonchev–Trinajstić information content (AvgIpc) is 3.87. The van der Waals surface area contributed by atoms with Crippen LogP contribution in [0, 0.1) is 0 Å². The van der Waals surface area contributed by atoms with E-state index in [1.54, 1.807) is 0 Å². The summed E-state index contributed by atoms with van der Waals surface area (Å²) in [6.07, 6.45) is 3.63. The molecule has 2 heteroatoms. The number of hydrogen-bond donors (Lipinski definition) is 0. The van der Waals surface area contributed by atoms with E-state index in [4.69, 9.17) is 0 Å². The van der Waals surface area contributed by atoms with Crippen molar-refractivity contribution in [1.82, 2.24) is 9.97 Å². The van der Waals surface area contributed by atoms with E-state index in [1.807, 2.05) is 18.5 Å². The van der Waals surface area contributed by atoms with Crippen molar-refractivity contribution in [2.75, 3.05) is 0 Å². The number of aromatic nitrogens is 2. The predicted molar refractivity (Wildman–Crippen MR) is 287 cm³/mol. The minimum atomic E-state index is -0.230. The van der Waals surface area contributed by atoms with Gasteiger partial charge in [-0.25, -0.2) is 9.97 Å². The van der Waals surface area contributed by atoms with Crippen LogP contribution in [0.4, 0.5) is 0 Å². The van der Waals surface area contributed by atoms with Crippen LogP contribution < -0.4 is 0 Å². The molecule has 0 saturated carbocycles. The molecule has 3 aliphatic rings. The lowest BCUT2D eigenvalue weighted by molar-refractivity contribution is 0.659. The predicted octanol–water partition coefficient (Wildman–Crippen LogP) is 17.4. The minimum Gasteiger partial charge on any atom is -0.237 e. The van der Waals surface area contributed by atoms with Crippen molar-refractivity contribution in [2.24, 2.45) is 0 Å². The van der Waals surface area contributed by atoms with Crippen LogP contribution in [0.2, 0.25) is 0 Å². The first kappa shape index (κ1) is 41.3. The normalized spacial score (nSPS) is 14.9. The molecule has 0 fully saturated rings. The van der Waals surface area contributed by atoms with Gasteiger partial charge in [0.1, 0.15) is 0 Å². The quantitative estimate of drug-likeness (QED) is 0.166. The number of rotatable bonds is 6. The summed E-state index contributed by atoms with van der Waals surface area (Å²) in [5, 5.41) is 0. The van der Waals surface area contributed by atoms with Gasteiger partial charge in [0.15, 0.2) is 5.82 Å². The van der Waals surface area contributed by atoms with Gasteiger partial charge in [0.25, 0.3) is 0 Å². The Labute approximate surface area is 406 Å².